The zero-order valence-corrected chi connectivity index (χ0v) is 12.8. The van der Waals surface area contributed by atoms with Crippen molar-refractivity contribution >= 4 is 26.3 Å². The van der Waals surface area contributed by atoms with Crippen LogP contribution in [0.15, 0.2) is 20.4 Å². The number of Topliss-reactive ketones (excluding diaryl/α,β-unsaturated/α-hetero) is 1. The molecule has 6 nitrogen and oxygen atoms in total. The zero-order chi connectivity index (χ0) is 15.0. The van der Waals surface area contributed by atoms with Gasteiger partial charge in [-0.2, -0.15) is 0 Å². The van der Waals surface area contributed by atoms with Crippen LogP contribution in [0.25, 0.3) is 0 Å². The maximum absolute atomic E-state index is 12.4. The zero-order valence-electron chi connectivity index (χ0n) is 11.2. The Labute approximate surface area is 123 Å². The van der Waals surface area contributed by atoms with Crippen molar-refractivity contribution in [3.05, 3.63) is 27.8 Å². The smallest absolute Gasteiger partial charge is 0.350 e. The molecule has 1 aromatic rings. The topological polar surface area (TPSA) is 89.1 Å². The Kier molecular flexibility index (Phi) is 3.99. The maximum atomic E-state index is 12.4. The van der Waals surface area contributed by atoms with Crippen LogP contribution in [0.1, 0.15) is 30.0 Å². The largest absolute Gasteiger partial charge is 0.507 e. The molecule has 0 aromatic carbocycles. The summed E-state index contributed by atoms with van der Waals surface area (Å²) in [7, 11) is 0. The van der Waals surface area contributed by atoms with E-state index in [4.69, 9.17) is 9.25 Å². The maximum Gasteiger partial charge on any atom is 0.350 e. The van der Waals surface area contributed by atoms with Gasteiger partial charge in [-0.15, -0.1) is 0 Å². The third-order valence-corrected chi connectivity index (χ3v) is 3.81. The molecule has 1 aromatic heterocycles. The van der Waals surface area contributed by atoms with Crippen LogP contribution in [-0.4, -0.2) is 21.6 Å². The third kappa shape index (κ3) is 2.49. The average Bonchev–Trinajstić information content (AvgIpc) is 2.69. The van der Waals surface area contributed by atoms with Crippen molar-refractivity contribution in [1.29, 1.82) is 0 Å². The van der Waals surface area contributed by atoms with Gasteiger partial charge in [-0.1, -0.05) is 19.0 Å². The molecule has 20 heavy (non-hydrogen) atoms. The fraction of sp³-hybridized carbons (Fsp3) is 0.462. The van der Waals surface area contributed by atoms with Crippen LogP contribution in [-0.2, 0) is 4.84 Å². The van der Waals surface area contributed by atoms with Crippen LogP contribution in [0.4, 0.5) is 0 Å². The predicted octanol–water partition coefficient (Wildman–Crippen LogP) is 2.22. The van der Waals surface area contributed by atoms with E-state index in [0.717, 1.165) is 0 Å². The first kappa shape index (κ1) is 14.8. The fourth-order valence-electron chi connectivity index (χ4n) is 2.16. The molecule has 0 saturated heterocycles. The lowest BCUT2D eigenvalue weighted by atomic mass is 9.88. The van der Waals surface area contributed by atoms with Gasteiger partial charge in [0.1, 0.15) is 21.7 Å². The highest BCUT2D eigenvalue weighted by Crippen LogP contribution is 2.31. The summed E-state index contributed by atoms with van der Waals surface area (Å²) in [5, 5.41) is 13.6. The molecule has 1 aliphatic rings. The van der Waals surface area contributed by atoms with E-state index in [1.807, 2.05) is 13.8 Å². The van der Waals surface area contributed by atoms with E-state index in [1.165, 1.54) is 13.0 Å². The highest BCUT2D eigenvalue weighted by Gasteiger charge is 2.42. The fourth-order valence-corrected chi connectivity index (χ4v) is 3.01. The molecule has 0 amide bonds. The first-order chi connectivity index (χ1) is 9.32. The lowest BCUT2D eigenvalue weighted by molar-refractivity contribution is 0.0389. The number of oxime groups is 1. The van der Waals surface area contributed by atoms with E-state index in [2.05, 4.69) is 21.1 Å². The monoisotopic (exact) mass is 343 g/mol. The molecule has 2 rings (SSSR count). The molecule has 0 bridgehead atoms. The van der Waals surface area contributed by atoms with Gasteiger partial charge in [0.15, 0.2) is 6.10 Å². The number of halogens is 1. The number of aromatic hydroxyl groups is 1. The van der Waals surface area contributed by atoms with Crippen LogP contribution in [0, 0.1) is 18.8 Å². The molecular formula is C13H14BrNO5. The number of rotatable bonds is 3. The second kappa shape index (κ2) is 5.40. The molecule has 0 aliphatic carbocycles. The summed E-state index contributed by atoms with van der Waals surface area (Å²) >= 11 is 3.24. The van der Waals surface area contributed by atoms with Crippen molar-refractivity contribution in [2.45, 2.75) is 26.9 Å². The van der Waals surface area contributed by atoms with E-state index in [9.17, 15) is 14.7 Å². The molecule has 2 atom stereocenters. The highest BCUT2D eigenvalue weighted by atomic mass is 79.9. The number of carbonyl (C=O) groups is 1. The molecule has 1 aliphatic heterocycles. The SMILES string of the molecule is Cc1cc(O)c(C(=O)C2ON=C(Br)C2C(C)C)c(=O)o1. The standard InChI is InChI=1S/C13H14BrNO5/c1-5(2)8-11(20-15-12(8)14)10(17)9-7(16)4-6(3)19-13(9)18/h4-5,8,11,16H,1-3H3. The van der Waals surface area contributed by atoms with Gasteiger partial charge in [-0.05, 0) is 28.8 Å². The van der Waals surface area contributed by atoms with Crippen molar-refractivity contribution in [1.82, 2.24) is 0 Å². The Bertz CT molecular complexity index is 634. The van der Waals surface area contributed by atoms with Gasteiger partial charge in [0.05, 0.1) is 5.92 Å². The van der Waals surface area contributed by atoms with Gasteiger partial charge >= 0.3 is 5.63 Å². The number of aryl methyl sites for hydroxylation is 1. The number of hydrogen-bond acceptors (Lipinski definition) is 6. The molecule has 2 unspecified atom stereocenters. The Morgan fingerprint density at radius 2 is 2.15 bits per heavy atom. The van der Waals surface area contributed by atoms with Crippen LogP contribution in [0.2, 0.25) is 0 Å². The average molecular weight is 344 g/mol. The number of carbonyl (C=O) groups excluding carboxylic acids is 1. The minimum absolute atomic E-state index is 0.0733. The van der Waals surface area contributed by atoms with Crippen molar-refractivity contribution in [2.24, 2.45) is 17.0 Å². The molecule has 1 N–H and O–H groups in total. The van der Waals surface area contributed by atoms with Crippen LogP contribution in [0.5, 0.6) is 5.75 Å². The summed E-state index contributed by atoms with van der Waals surface area (Å²) in [6, 6.07) is 1.23. The summed E-state index contributed by atoms with van der Waals surface area (Å²) in [4.78, 5) is 29.3. The minimum Gasteiger partial charge on any atom is -0.507 e. The summed E-state index contributed by atoms with van der Waals surface area (Å²) in [6.07, 6.45) is -0.944. The highest BCUT2D eigenvalue weighted by molar-refractivity contribution is 9.18. The lowest BCUT2D eigenvalue weighted by Crippen LogP contribution is -2.35. The van der Waals surface area contributed by atoms with Crippen molar-refractivity contribution < 1.29 is 19.2 Å². The van der Waals surface area contributed by atoms with E-state index < -0.39 is 28.8 Å². The Balaban J connectivity index is 2.41. The first-order valence-corrected chi connectivity index (χ1v) is 6.89. The molecule has 2 heterocycles. The second-order valence-electron chi connectivity index (χ2n) is 4.98. The molecule has 108 valence electrons. The van der Waals surface area contributed by atoms with Gasteiger partial charge < -0.3 is 14.4 Å². The summed E-state index contributed by atoms with van der Waals surface area (Å²) in [5.41, 5.74) is -1.27. The minimum atomic E-state index is -0.944. The lowest BCUT2D eigenvalue weighted by Gasteiger charge is -2.19. The first-order valence-electron chi connectivity index (χ1n) is 6.10. The Morgan fingerprint density at radius 1 is 1.50 bits per heavy atom. The Morgan fingerprint density at radius 3 is 2.70 bits per heavy atom. The molecule has 7 heteroatoms. The van der Waals surface area contributed by atoms with E-state index >= 15 is 0 Å². The van der Waals surface area contributed by atoms with Crippen LogP contribution >= 0.6 is 15.9 Å². The number of nitrogens with zero attached hydrogens (tertiary/aromatic N) is 1. The van der Waals surface area contributed by atoms with Gasteiger partial charge in [-0.25, -0.2) is 4.79 Å². The van der Waals surface area contributed by atoms with Crippen molar-refractivity contribution in [3.8, 4) is 5.75 Å². The van der Waals surface area contributed by atoms with Crippen molar-refractivity contribution in [2.75, 3.05) is 0 Å². The summed E-state index contributed by atoms with van der Waals surface area (Å²) in [6.45, 7) is 5.33. The van der Waals surface area contributed by atoms with Gasteiger partial charge in [0, 0.05) is 6.07 Å². The summed E-state index contributed by atoms with van der Waals surface area (Å²) in [5.74, 6) is -1.04. The predicted molar refractivity (Wildman–Crippen MR) is 75.3 cm³/mol. The second-order valence-corrected chi connectivity index (χ2v) is 5.79. The van der Waals surface area contributed by atoms with Crippen LogP contribution in [0.3, 0.4) is 0 Å². The van der Waals surface area contributed by atoms with Gasteiger partial charge in [0.25, 0.3) is 0 Å². The molecule has 0 fully saturated rings. The quantitative estimate of drug-likeness (QED) is 0.850. The third-order valence-electron chi connectivity index (χ3n) is 3.13. The molecular weight excluding hydrogens is 330 g/mol. The number of hydrogen-bond donors (Lipinski definition) is 1. The van der Waals surface area contributed by atoms with Crippen LogP contribution < -0.4 is 5.63 Å². The van der Waals surface area contributed by atoms with Crippen molar-refractivity contribution in [3.63, 3.8) is 0 Å². The van der Waals surface area contributed by atoms with Gasteiger partial charge in [0.2, 0.25) is 5.78 Å². The summed E-state index contributed by atoms with van der Waals surface area (Å²) < 4.78 is 5.37. The normalized spacial score (nSPS) is 21.8. The van der Waals surface area contributed by atoms with E-state index in [-0.39, 0.29) is 17.6 Å². The number of ketones is 1. The van der Waals surface area contributed by atoms with E-state index in [0.29, 0.717) is 4.62 Å². The molecule has 0 radical (unpaired) electrons. The van der Waals surface area contributed by atoms with Gasteiger partial charge in [-0.3, -0.25) is 4.79 Å². The molecule has 0 spiro atoms. The molecule has 0 saturated carbocycles. The Hall–Kier alpha value is -1.63. The van der Waals surface area contributed by atoms with E-state index in [1.54, 1.807) is 0 Å².